The van der Waals surface area contributed by atoms with Crippen LogP contribution in [0.2, 0.25) is 0 Å². The number of hydrogen-bond donors (Lipinski definition) is 2. The summed E-state index contributed by atoms with van der Waals surface area (Å²) in [4.78, 5) is 14.6. The van der Waals surface area contributed by atoms with Crippen LogP contribution in [0, 0.1) is 5.92 Å². The van der Waals surface area contributed by atoms with E-state index >= 15 is 0 Å². The second-order valence-electron chi connectivity index (χ2n) is 7.45. The van der Waals surface area contributed by atoms with Gasteiger partial charge in [-0.3, -0.25) is 4.79 Å². The molecule has 1 aliphatic heterocycles. The van der Waals surface area contributed by atoms with E-state index in [-0.39, 0.29) is 5.91 Å². The van der Waals surface area contributed by atoms with E-state index in [9.17, 15) is 4.79 Å². The zero-order valence-corrected chi connectivity index (χ0v) is 16.5. The van der Waals surface area contributed by atoms with E-state index < -0.39 is 0 Å². The number of anilines is 3. The average molecular weight is 366 g/mol. The molecule has 2 N–H and O–H groups in total. The Morgan fingerprint density at radius 3 is 2.48 bits per heavy atom. The molecule has 0 aliphatic carbocycles. The fourth-order valence-electron chi connectivity index (χ4n) is 3.56. The molecule has 1 amide bonds. The fourth-order valence-corrected chi connectivity index (χ4v) is 3.56. The molecule has 0 saturated carbocycles. The molecule has 0 bridgehead atoms. The third kappa shape index (κ3) is 5.49. The molecule has 1 heterocycles. The summed E-state index contributed by atoms with van der Waals surface area (Å²) in [5.74, 6) is 0.869. The number of hydrogen-bond acceptors (Lipinski definition) is 3. The van der Waals surface area contributed by atoms with Gasteiger partial charge in [0.15, 0.2) is 0 Å². The number of nitrogens with zero attached hydrogens (tertiary/aromatic N) is 1. The van der Waals surface area contributed by atoms with Crippen LogP contribution in [0.4, 0.5) is 17.1 Å². The minimum Gasteiger partial charge on any atom is -0.384 e. The Labute approximate surface area is 163 Å². The first-order chi connectivity index (χ1) is 13.2. The third-order valence-corrected chi connectivity index (χ3v) is 5.37. The number of para-hydroxylation sites is 1. The molecular weight excluding hydrogens is 334 g/mol. The van der Waals surface area contributed by atoms with Crippen LogP contribution >= 0.6 is 0 Å². The number of nitrogens with one attached hydrogen (secondary N) is 2. The summed E-state index contributed by atoms with van der Waals surface area (Å²) < 4.78 is 0. The van der Waals surface area contributed by atoms with E-state index in [0.29, 0.717) is 13.0 Å². The highest BCUT2D eigenvalue weighted by molar-refractivity contribution is 5.91. The van der Waals surface area contributed by atoms with Crippen LogP contribution in [0.5, 0.6) is 0 Å². The highest BCUT2D eigenvalue weighted by atomic mass is 16.1. The van der Waals surface area contributed by atoms with Crippen molar-refractivity contribution in [2.45, 2.75) is 39.5 Å². The van der Waals surface area contributed by atoms with Crippen LogP contribution < -0.4 is 15.5 Å². The van der Waals surface area contributed by atoms with Gasteiger partial charge in [0.25, 0.3) is 0 Å². The van der Waals surface area contributed by atoms with E-state index in [0.717, 1.165) is 36.8 Å². The normalized spacial score (nSPS) is 14.8. The average Bonchev–Trinajstić information content (AvgIpc) is 2.69. The Bertz CT molecular complexity index is 734. The Balaban J connectivity index is 1.45. The lowest BCUT2D eigenvalue weighted by Crippen LogP contribution is -2.32. The van der Waals surface area contributed by atoms with Gasteiger partial charge in [0.2, 0.25) is 5.91 Å². The van der Waals surface area contributed by atoms with Crippen molar-refractivity contribution < 1.29 is 4.79 Å². The van der Waals surface area contributed by atoms with Crippen LogP contribution in [-0.2, 0) is 11.2 Å². The summed E-state index contributed by atoms with van der Waals surface area (Å²) in [5.41, 5.74) is 4.51. The van der Waals surface area contributed by atoms with Crippen LogP contribution in [0.1, 0.15) is 38.7 Å². The van der Waals surface area contributed by atoms with Crippen LogP contribution in [0.3, 0.4) is 0 Å². The number of carbonyl (C=O) groups is 1. The van der Waals surface area contributed by atoms with Crippen molar-refractivity contribution in [3.05, 3.63) is 54.1 Å². The second kappa shape index (κ2) is 9.45. The van der Waals surface area contributed by atoms with E-state index in [4.69, 9.17) is 0 Å². The molecule has 4 heteroatoms. The van der Waals surface area contributed by atoms with Gasteiger partial charge in [0.05, 0.1) is 0 Å². The minimum atomic E-state index is 0.0380. The molecule has 0 aromatic heterocycles. The van der Waals surface area contributed by atoms with Gasteiger partial charge in [-0.25, -0.2) is 0 Å². The summed E-state index contributed by atoms with van der Waals surface area (Å²) in [6.07, 6.45) is 3.95. The quantitative estimate of drug-likeness (QED) is 0.731. The summed E-state index contributed by atoms with van der Waals surface area (Å²) in [6.45, 7) is 7.34. The first-order valence-electron chi connectivity index (χ1n) is 10.1. The van der Waals surface area contributed by atoms with Crippen molar-refractivity contribution >= 4 is 23.0 Å². The summed E-state index contributed by atoms with van der Waals surface area (Å²) in [6, 6.07) is 16.5. The SMILES string of the molecule is CCc1ccccc1NCCC(=O)Nc1ccc(N2CCC(C)CC2)cc1. The number of aryl methyl sites for hydroxylation is 1. The lowest BCUT2D eigenvalue weighted by Gasteiger charge is -2.32. The van der Waals surface area contributed by atoms with E-state index in [2.05, 4.69) is 53.6 Å². The fraction of sp³-hybridized carbons (Fsp3) is 0.435. The van der Waals surface area contributed by atoms with Crippen molar-refractivity contribution in [3.8, 4) is 0 Å². The number of amides is 1. The Hall–Kier alpha value is -2.49. The van der Waals surface area contributed by atoms with Crippen molar-refractivity contribution in [2.24, 2.45) is 5.92 Å². The van der Waals surface area contributed by atoms with Crippen molar-refractivity contribution in [1.29, 1.82) is 0 Å². The van der Waals surface area contributed by atoms with Gasteiger partial charge in [-0.15, -0.1) is 0 Å². The summed E-state index contributed by atoms with van der Waals surface area (Å²) in [7, 11) is 0. The smallest absolute Gasteiger partial charge is 0.226 e. The van der Waals surface area contributed by atoms with Gasteiger partial charge >= 0.3 is 0 Å². The van der Waals surface area contributed by atoms with Crippen LogP contribution in [0.25, 0.3) is 0 Å². The highest BCUT2D eigenvalue weighted by Gasteiger charge is 2.15. The van der Waals surface area contributed by atoms with Gasteiger partial charge in [0, 0.05) is 43.1 Å². The zero-order chi connectivity index (χ0) is 19.1. The first kappa shape index (κ1) is 19.3. The van der Waals surface area contributed by atoms with Gasteiger partial charge in [-0.05, 0) is 61.1 Å². The lowest BCUT2D eigenvalue weighted by atomic mass is 9.99. The van der Waals surface area contributed by atoms with E-state index in [1.807, 2.05) is 24.3 Å². The number of rotatable bonds is 7. The molecule has 0 atom stereocenters. The minimum absolute atomic E-state index is 0.0380. The molecule has 3 rings (SSSR count). The molecule has 2 aromatic rings. The Morgan fingerprint density at radius 1 is 1.07 bits per heavy atom. The number of carbonyl (C=O) groups excluding carboxylic acids is 1. The molecule has 0 spiro atoms. The molecule has 0 radical (unpaired) electrons. The van der Waals surface area contributed by atoms with Crippen molar-refractivity contribution in [1.82, 2.24) is 0 Å². The largest absolute Gasteiger partial charge is 0.384 e. The maximum Gasteiger partial charge on any atom is 0.226 e. The third-order valence-electron chi connectivity index (χ3n) is 5.37. The maximum atomic E-state index is 12.2. The van der Waals surface area contributed by atoms with Gasteiger partial charge in [-0.2, -0.15) is 0 Å². The predicted octanol–water partition coefficient (Wildman–Crippen LogP) is 4.93. The molecule has 1 saturated heterocycles. The van der Waals surface area contributed by atoms with Crippen LogP contribution in [0.15, 0.2) is 48.5 Å². The van der Waals surface area contributed by atoms with Crippen molar-refractivity contribution in [2.75, 3.05) is 35.2 Å². The molecule has 27 heavy (non-hydrogen) atoms. The van der Waals surface area contributed by atoms with E-state index in [1.165, 1.54) is 24.1 Å². The van der Waals surface area contributed by atoms with Crippen LogP contribution in [-0.4, -0.2) is 25.5 Å². The summed E-state index contributed by atoms with van der Waals surface area (Å²) >= 11 is 0. The standard InChI is InChI=1S/C23H31N3O/c1-3-19-6-4-5-7-22(19)24-15-12-23(27)25-20-8-10-21(11-9-20)26-16-13-18(2)14-17-26/h4-11,18,24H,3,12-17H2,1-2H3,(H,25,27). The lowest BCUT2D eigenvalue weighted by molar-refractivity contribution is -0.115. The molecule has 2 aromatic carbocycles. The first-order valence-corrected chi connectivity index (χ1v) is 10.1. The summed E-state index contributed by atoms with van der Waals surface area (Å²) in [5, 5.41) is 6.37. The molecule has 1 fully saturated rings. The van der Waals surface area contributed by atoms with Gasteiger partial charge < -0.3 is 15.5 Å². The monoisotopic (exact) mass is 365 g/mol. The predicted molar refractivity (Wildman–Crippen MR) is 115 cm³/mol. The van der Waals surface area contributed by atoms with Gasteiger partial charge in [-0.1, -0.05) is 32.0 Å². The molecule has 0 unspecified atom stereocenters. The molecule has 144 valence electrons. The Morgan fingerprint density at radius 2 is 1.78 bits per heavy atom. The topological polar surface area (TPSA) is 44.4 Å². The maximum absolute atomic E-state index is 12.2. The van der Waals surface area contributed by atoms with E-state index in [1.54, 1.807) is 0 Å². The highest BCUT2D eigenvalue weighted by Crippen LogP contribution is 2.24. The Kier molecular flexibility index (Phi) is 6.74. The molecular formula is C23H31N3O. The number of benzene rings is 2. The number of piperidine rings is 1. The molecule has 4 nitrogen and oxygen atoms in total. The van der Waals surface area contributed by atoms with Crippen molar-refractivity contribution in [3.63, 3.8) is 0 Å². The zero-order valence-electron chi connectivity index (χ0n) is 16.5. The van der Waals surface area contributed by atoms with Gasteiger partial charge in [0.1, 0.15) is 0 Å². The second-order valence-corrected chi connectivity index (χ2v) is 7.45. The molecule has 1 aliphatic rings.